The molecule has 0 saturated heterocycles. The topological polar surface area (TPSA) is 26.0 Å². The molecule has 0 aromatic rings. The molecule has 0 bridgehead atoms. The summed E-state index contributed by atoms with van der Waals surface area (Å²) in [4.78, 5) is 0. The van der Waals surface area contributed by atoms with Crippen molar-refractivity contribution in [3.8, 4) is 0 Å². The van der Waals surface area contributed by atoms with Crippen LogP contribution in [0.15, 0.2) is 0 Å². The van der Waals surface area contributed by atoms with Crippen molar-refractivity contribution in [1.82, 2.24) is 0 Å². The molecule has 0 amide bonds. The van der Waals surface area contributed by atoms with Crippen molar-refractivity contribution in [3.05, 3.63) is 0 Å². The van der Waals surface area contributed by atoms with E-state index < -0.39 is 0 Å². The van der Waals surface area contributed by atoms with Crippen LogP contribution in [0.25, 0.3) is 0 Å². The van der Waals surface area contributed by atoms with Crippen molar-refractivity contribution in [1.29, 1.82) is 0 Å². The highest BCUT2D eigenvalue weighted by Crippen LogP contribution is 1.76. The number of hydrogen-bond acceptors (Lipinski definition) is 1. The summed E-state index contributed by atoms with van der Waals surface area (Å²) in [5.74, 6) is 0.556. The Labute approximate surface area is 53.6 Å². The largest absolute Gasteiger partial charge is 0.327 e. The molecule has 0 rings (SSSR count). The number of nitrogens with two attached hydrogens (primary N) is 1. The van der Waals surface area contributed by atoms with Gasteiger partial charge in [-0.05, 0) is 6.92 Å². The van der Waals surface area contributed by atoms with Crippen molar-refractivity contribution >= 4 is 28.6 Å². The van der Waals surface area contributed by atoms with Crippen molar-refractivity contribution in [3.63, 3.8) is 0 Å². The lowest BCUT2D eigenvalue weighted by molar-refractivity contribution is 0.842. The summed E-state index contributed by atoms with van der Waals surface area (Å²) < 4.78 is 0. The zero-order valence-corrected chi connectivity index (χ0v) is 6.12. The minimum Gasteiger partial charge on any atom is -0.327 e. The van der Waals surface area contributed by atoms with Gasteiger partial charge in [-0.1, -0.05) is 0 Å². The predicted molar refractivity (Wildman–Crippen MR) is 34.7 cm³/mol. The Morgan fingerprint density at radius 2 is 2.00 bits per heavy atom. The summed E-state index contributed by atoms with van der Waals surface area (Å²) in [7, 11) is 0. The number of alkyl halides is 1. The van der Waals surface area contributed by atoms with E-state index in [1.54, 1.807) is 0 Å². The Bertz CT molecular complexity index is 24.8. The molecule has 0 heterocycles. The van der Waals surface area contributed by atoms with Crippen LogP contribution >= 0.6 is 28.6 Å². The third-order valence-electron chi connectivity index (χ3n) is 0.243. The number of hydrogen-bond donors (Lipinski definition) is 1. The van der Waals surface area contributed by atoms with Gasteiger partial charge in [-0.15, -0.1) is 28.6 Å². The van der Waals surface area contributed by atoms with Crippen LogP contribution in [-0.2, 0) is 0 Å². The summed E-state index contributed by atoms with van der Waals surface area (Å²) in [6.45, 7) is 1.87. The Morgan fingerprint density at radius 1 is 1.83 bits per heavy atom. The fourth-order valence-corrected chi connectivity index (χ4v) is 0. The Balaban J connectivity index is 0. The zero-order chi connectivity index (χ0) is 4.28. The first-order valence-electron chi connectivity index (χ1n) is 1.59. The standard InChI is InChI=1S/C3H8ClN.BrH/c1-3(5)2-4;/h3H,2,5H2,1H3;1H/t3-;/m1./s1. The molecule has 0 aliphatic rings. The first kappa shape index (κ1) is 9.88. The maximum absolute atomic E-state index is 5.21. The lowest BCUT2D eigenvalue weighted by Crippen LogP contribution is -2.15. The summed E-state index contributed by atoms with van der Waals surface area (Å²) in [5.41, 5.74) is 5.16. The quantitative estimate of drug-likeness (QED) is 0.593. The minimum absolute atomic E-state index is 0. The lowest BCUT2D eigenvalue weighted by Gasteiger charge is -1.89. The first-order valence-corrected chi connectivity index (χ1v) is 2.12. The molecule has 2 N–H and O–H groups in total. The highest BCUT2D eigenvalue weighted by Gasteiger charge is 1.81. The van der Waals surface area contributed by atoms with Crippen LogP contribution in [0.4, 0.5) is 0 Å². The van der Waals surface area contributed by atoms with Crippen molar-refractivity contribution < 1.29 is 0 Å². The van der Waals surface area contributed by atoms with Gasteiger partial charge in [-0.3, -0.25) is 0 Å². The highest BCUT2D eigenvalue weighted by molar-refractivity contribution is 8.93. The molecule has 0 aliphatic carbocycles. The van der Waals surface area contributed by atoms with Crippen molar-refractivity contribution in [2.24, 2.45) is 5.73 Å². The minimum atomic E-state index is 0. The SMILES string of the molecule is Br.C[C@@H](N)CCl. The van der Waals surface area contributed by atoms with Gasteiger partial charge in [0.25, 0.3) is 0 Å². The zero-order valence-electron chi connectivity index (χ0n) is 3.65. The molecule has 0 spiro atoms. The van der Waals surface area contributed by atoms with Crippen molar-refractivity contribution in [2.75, 3.05) is 5.88 Å². The van der Waals surface area contributed by atoms with Gasteiger partial charge >= 0.3 is 0 Å². The number of rotatable bonds is 1. The van der Waals surface area contributed by atoms with E-state index in [1.165, 1.54) is 0 Å². The molecule has 0 aliphatic heterocycles. The maximum Gasteiger partial charge on any atom is 0.0372 e. The van der Waals surface area contributed by atoms with E-state index in [1.807, 2.05) is 6.92 Å². The predicted octanol–water partition coefficient (Wildman–Crippen LogP) is 1.15. The Morgan fingerprint density at radius 3 is 2.00 bits per heavy atom. The van der Waals surface area contributed by atoms with E-state index in [9.17, 15) is 0 Å². The van der Waals surface area contributed by atoms with Gasteiger partial charge in [0.15, 0.2) is 0 Å². The van der Waals surface area contributed by atoms with Crippen LogP contribution in [0.3, 0.4) is 0 Å². The highest BCUT2D eigenvalue weighted by atomic mass is 79.9. The maximum atomic E-state index is 5.21. The van der Waals surface area contributed by atoms with E-state index in [4.69, 9.17) is 17.3 Å². The molecule has 6 heavy (non-hydrogen) atoms. The van der Waals surface area contributed by atoms with Gasteiger partial charge in [0, 0.05) is 11.9 Å². The first-order chi connectivity index (χ1) is 2.27. The van der Waals surface area contributed by atoms with E-state index in [0.29, 0.717) is 5.88 Å². The molecule has 0 aromatic carbocycles. The summed E-state index contributed by atoms with van der Waals surface area (Å²) in [6.07, 6.45) is 0. The molecule has 40 valence electrons. The van der Waals surface area contributed by atoms with Crippen LogP contribution in [0.1, 0.15) is 6.92 Å². The molecule has 0 fully saturated rings. The Kier molecular flexibility index (Phi) is 9.43. The third-order valence-corrected chi connectivity index (χ3v) is 0.730. The van der Waals surface area contributed by atoms with Crippen molar-refractivity contribution in [2.45, 2.75) is 13.0 Å². The van der Waals surface area contributed by atoms with Crippen LogP contribution in [0.5, 0.6) is 0 Å². The van der Waals surface area contributed by atoms with E-state index in [-0.39, 0.29) is 23.0 Å². The molecule has 1 nitrogen and oxygen atoms in total. The second-order valence-electron chi connectivity index (χ2n) is 1.13. The van der Waals surface area contributed by atoms with Gasteiger partial charge in [-0.25, -0.2) is 0 Å². The molecule has 0 aromatic heterocycles. The fourth-order valence-electron chi connectivity index (χ4n) is 0. The second kappa shape index (κ2) is 5.73. The smallest absolute Gasteiger partial charge is 0.0372 e. The normalized spacial score (nSPS) is 12.5. The molecule has 3 heteroatoms. The fraction of sp³-hybridized carbons (Fsp3) is 1.00. The van der Waals surface area contributed by atoms with Crippen LogP contribution in [0.2, 0.25) is 0 Å². The van der Waals surface area contributed by atoms with Gasteiger partial charge in [0.2, 0.25) is 0 Å². The summed E-state index contributed by atoms with van der Waals surface area (Å²) in [6, 6.07) is 0.150. The van der Waals surface area contributed by atoms with Gasteiger partial charge in [0.1, 0.15) is 0 Å². The second-order valence-corrected chi connectivity index (χ2v) is 1.44. The monoisotopic (exact) mass is 173 g/mol. The third kappa shape index (κ3) is 8.83. The van der Waals surface area contributed by atoms with Gasteiger partial charge in [0.05, 0.1) is 0 Å². The van der Waals surface area contributed by atoms with Crippen LogP contribution < -0.4 is 5.73 Å². The molecular weight excluding hydrogens is 165 g/mol. The average molecular weight is 174 g/mol. The average Bonchev–Trinajstić information content (AvgIpc) is 1.38. The van der Waals surface area contributed by atoms with Crippen LogP contribution in [-0.4, -0.2) is 11.9 Å². The molecule has 0 saturated carbocycles. The van der Waals surface area contributed by atoms with Crippen LogP contribution in [0, 0.1) is 0 Å². The van der Waals surface area contributed by atoms with Gasteiger partial charge < -0.3 is 5.73 Å². The molecule has 0 radical (unpaired) electrons. The summed E-state index contributed by atoms with van der Waals surface area (Å²) in [5, 5.41) is 0. The van der Waals surface area contributed by atoms with Gasteiger partial charge in [-0.2, -0.15) is 0 Å². The van der Waals surface area contributed by atoms with E-state index in [2.05, 4.69) is 0 Å². The molecule has 1 atom stereocenters. The van der Waals surface area contributed by atoms with E-state index >= 15 is 0 Å². The lowest BCUT2D eigenvalue weighted by atomic mass is 10.4. The Hall–Kier alpha value is 0.730. The summed E-state index contributed by atoms with van der Waals surface area (Å²) >= 11 is 5.21. The molecular formula is C3H9BrClN. The molecule has 0 unspecified atom stereocenters. The van der Waals surface area contributed by atoms with E-state index in [0.717, 1.165) is 0 Å². The number of halogens is 2.